The summed E-state index contributed by atoms with van der Waals surface area (Å²) in [5.41, 5.74) is 6.85. The Bertz CT molecular complexity index is 936. The lowest BCUT2D eigenvalue weighted by Gasteiger charge is -2.25. The molecule has 0 spiro atoms. The normalized spacial score (nSPS) is 16.3. The molecule has 0 saturated carbocycles. The first-order chi connectivity index (χ1) is 13.3. The fourth-order valence-corrected chi connectivity index (χ4v) is 3.62. The van der Waals surface area contributed by atoms with Crippen LogP contribution in [0.5, 0.6) is 0 Å². The summed E-state index contributed by atoms with van der Waals surface area (Å²) in [7, 11) is 0. The van der Waals surface area contributed by atoms with E-state index in [-0.39, 0.29) is 23.2 Å². The van der Waals surface area contributed by atoms with Crippen molar-refractivity contribution in [2.45, 2.75) is 25.8 Å². The molecule has 1 saturated heterocycles. The predicted molar refractivity (Wildman–Crippen MR) is 106 cm³/mol. The number of rotatable bonds is 4. The van der Waals surface area contributed by atoms with E-state index < -0.39 is 18.4 Å². The summed E-state index contributed by atoms with van der Waals surface area (Å²) in [6, 6.07) is 7.67. The van der Waals surface area contributed by atoms with E-state index >= 15 is 0 Å². The van der Waals surface area contributed by atoms with Crippen molar-refractivity contribution in [1.82, 2.24) is 4.90 Å². The number of nitrogens with zero attached hydrogens (tertiary/aromatic N) is 1. The van der Waals surface area contributed by atoms with E-state index in [4.69, 9.17) is 33.7 Å². The zero-order chi connectivity index (χ0) is 20.4. The molecule has 1 atom stereocenters. The van der Waals surface area contributed by atoms with Crippen molar-refractivity contribution in [2.24, 2.45) is 0 Å². The lowest BCUT2D eigenvalue weighted by atomic mass is 10.0. The SMILES string of the molecule is Cc1ccc(F)c(C(=O)OCC(=O)N2CCC[C@@H]2c2ccc(Cl)c(Cl)c2)c1N. The molecule has 2 aromatic rings. The second-order valence-corrected chi connectivity index (χ2v) is 7.46. The van der Waals surface area contributed by atoms with Crippen LogP contribution in [-0.2, 0) is 9.53 Å². The van der Waals surface area contributed by atoms with Crippen molar-refractivity contribution in [1.29, 1.82) is 0 Å². The Labute approximate surface area is 172 Å². The second kappa shape index (κ2) is 8.37. The largest absolute Gasteiger partial charge is 0.452 e. The lowest BCUT2D eigenvalue weighted by molar-refractivity contribution is -0.135. The summed E-state index contributed by atoms with van der Waals surface area (Å²) >= 11 is 12.0. The first kappa shape index (κ1) is 20.4. The number of carbonyl (C=O) groups excluding carboxylic acids is 2. The molecule has 1 aliphatic rings. The van der Waals surface area contributed by atoms with Crippen LogP contribution in [0.4, 0.5) is 10.1 Å². The number of hydrogen-bond donors (Lipinski definition) is 1. The zero-order valence-corrected chi connectivity index (χ0v) is 16.7. The first-order valence-electron chi connectivity index (χ1n) is 8.75. The molecule has 3 rings (SSSR count). The van der Waals surface area contributed by atoms with Gasteiger partial charge in [0.25, 0.3) is 5.91 Å². The standard InChI is InChI=1S/C20H19Cl2FN2O3/c1-11-4-7-15(23)18(19(11)24)20(27)28-10-17(26)25-8-2-3-16(25)12-5-6-13(21)14(22)9-12/h4-7,9,16H,2-3,8,10,24H2,1H3/t16-/m1/s1. The third-order valence-corrected chi connectivity index (χ3v) is 5.58. The topological polar surface area (TPSA) is 72.6 Å². The first-order valence-corrected chi connectivity index (χ1v) is 9.51. The number of carbonyl (C=O) groups is 2. The molecule has 5 nitrogen and oxygen atoms in total. The van der Waals surface area contributed by atoms with Gasteiger partial charge in [-0.05, 0) is 49.1 Å². The van der Waals surface area contributed by atoms with Gasteiger partial charge >= 0.3 is 5.97 Å². The average Bonchev–Trinajstić information content (AvgIpc) is 3.15. The van der Waals surface area contributed by atoms with E-state index in [0.717, 1.165) is 24.5 Å². The zero-order valence-electron chi connectivity index (χ0n) is 15.2. The van der Waals surface area contributed by atoms with Crippen LogP contribution in [-0.4, -0.2) is 29.9 Å². The van der Waals surface area contributed by atoms with Crippen LogP contribution in [0.25, 0.3) is 0 Å². The van der Waals surface area contributed by atoms with Gasteiger partial charge in [-0.1, -0.05) is 35.3 Å². The summed E-state index contributed by atoms with van der Waals surface area (Å²) < 4.78 is 19.0. The fourth-order valence-electron chi connectivity index (χ4n) is 3.32. The average molecular weight is 425 g/mol. The maximum atomic E-state index is 14.0. The van der Waals surface area contributed by atoms with Gasteiger partial charge in [0.1, 0.15) is 11.4 Å². The number of benzene rings is 2. The number of likely N-dealkylation sites (tertiary alicyclic amines) is 1. The van der Waals surface area contributed by atoms with Gasteiger partial charge < -0.3 is 15.4 Å². The number of esters is 1. The number of amides is 1. The molecule has 148 valence electrons. The minimum atomic E-state index is -0.961. The van der Waals surface area contributed by atoms with Gasteiger partial charge in [-0.15, -0.1) is 0 Å². The molecule has 0 aromatic heterocycles. The molecule has 2 aromatic carbocycles. The molecule has 1 amide bonds. The van der Waals surface area contributed by atoms with E-state index in [2.05, 4.69) is 0 Å². The van der Waals surface area contributed by atoms with E-state index in [1.54, 1.807) is 24.0 Å². The second-order valence-electron chi connectivity index (χ2n) is 6.65. The molecule has 1 aliphatic heterocycles. The Hall–Kier alpha value is -2.31. The summed E-state index contributed by atoms with van der Waals surface area (Å²) in [6.07, 6.45) is 1.57. The Balaban J connectivity index is 1.70. The number of anilines is 1. The van der Waals surface area contributed by atoms with Crippen LogP contribution in [0, 0.1) is 12.7 Å². The van der Waals surface area contributed by atoms with Crippen molar-refractivity contribution < 1.29 is 18.7 Å². The van der Waals surface area contributed by atoms with Gasteiger partial charge in [0.2, 0.25) is 0 Å². The quantitative estimate of drug-likeness (QED) is 0.577. The third kappa shape index (κ3) is 4.08. The van der Waals surface area contributed by atoms with Gasteiger partial charge in [-0.25, -0.2) is 9.18 Å². The van der Waals surface area contributed by atoms with Crippen LogP contribution < -0.4 is 5.73 Å². The van der Waals surface area contributed by atoms with Crippen molar-refractivity contribution >= 4 is 40.8 Å². The van der Waals surface area contributed by atoms with E-state index in [1.807, 2.05) is 6.07 Å². The molecule has 0 bridgehead atoms. The molecule has 1 fully saturated rings. The van der Waals surface area contributed by atoms with Gasteiger partial charge in [0.15, 0.2) is 6.61 Å². The number of hydrogen-bond acceptors (Lipinski definition) is 4. The molecular formula is C20H19Cl2FN2O3. The third-order valence-electron chi connectivity index (χ3n) is 4.85. The molecule has 0 aliphatic carbocycles. The van der Waals surface area contributed by atoms with E-state index in [9.17, 15) is 14.0 Å². The van der Waals surface area contributed by atoms with Crippen molar-refractivity contribution in [3.63, 3.8) is 0 Å². The Morgan fingerprint density at radius 1 is 1.25 bits per heavy atom. The number of halogens is 3. The van der Waals surface area contributed by atoms with Crippen LogP contribution >= 0.6 is 23.2 Å². The number of nitrogen functional groups attached to an aromatic ring is 1. The Kier molecular flexibility index (Phi) is 6.10. The number of aryl methyl sites for hydroxylation is 1. The highest BCUT2D eigenvalue weighted by Gasteiger charge is 2.31. The van der Waals surface area contributed by atoms with Crippen LogP contribution in [0.15, 0.2) is 30.3 Å². The van der Waals surface area contributed by atoms with Crippen LogP contribution in [0.1, 0.15) is 40.4 Å². The highest BCUT2D eigenvalue weighted by molar-refractivity contribution is 6.42. The molecule has 0 radical (unpaired) electrons. The van der Waals surface area contributed by atoms with E-state index in [1.165, 1.54) is 6.07 Å². The maximum Gasteiger partial charge on any atom is 0.343 e. The molecule has 0 unspecified atom stereocenters. The van der Waals surface area contributed by atoms with Gasteiger partial charge in [-0.2, -0.15) is 0 Å². The Morgan fingerprint density at radius 2 is 2.00 bits per heavy atom. The summed E-state index contributed by atoms with van der Waals surface area (Å²) in [5, 5.41) is 0.850. The van der Waals surface area contributed by atoms with Crippen molar-refractivity contribution in [2.75, 3.05) is 18.9 Å². The molecule has 8 heteroatoms. The number of nitrogens with two attached hydrogens (primary N) is 1. The number of ether oxygens (including phenoxy) is 1. The fraction of sp³-hybridized carbons (Fsp3) is 0.300. The highest BCUT2D eigenvalue weighted by Crippen LogP contribution is 2.35. The molecule has 2 N–H and O–H groups in total. The van der Waals surface area contributed by atoms with Crippen molar-refractivity contribution in [3.8, 4) is 0 Å². The summed E-state index contributed by atoms with van der Waals surface area (Å²) in [6.45, 7) is 1.69. The molecule has 1 heterocycles. The van der Waals surface area contributed by atoms with Gasteiger partial charge in [-0.3, -0.25) is 4.79 Å². The van der Waals surface area contributed by atoms with Gasteiger partial charge in [0, 0.05) is 6.54 Å². The highest BCUT2D eigenvalue weighted by atomic mass is 35.5. The lowest BCUT2D eigenvalue weighted by Crippen LogP contribution is -2.34. The van der Waals surface area contributed by atoms with Gasteiger partial charge in [0.05, 0.1) is 21.8 Å². The smallest absolute Gasteiger partial charge is 0.343 e. The Morgan fingerprint density at radius 3 is 2.71 bits per heavy atom. The monoisotopic (exact) mass is 424 g/mol. The minimum Gasteiger partial charge on any atom is -0.452 e. The summed E-state index contributed by atoms with van der Waals surface area (Å²) in [5.74, 6) is -2.11. The molecule has 28 heavy (non-hydrogen) atoms. The summed E-state index contributed by atoms with van der Waals surface area (Å²) in [4.78, 5) is 26.5. The minimum absolute atomic E-state index is 0.00676. The predicted octanol–water partition coefficient (Wildman–Crippen LogP) is 4.54. The van der Waals surface area contributed by atoms with E-state index in [0.29, 0.717) is 22.2 Å². The van der Waals surface area contributed by atoms with Crippen LogP contribution in [0.3, 0.4) is 0 Å². The molecular weight excluding hydrogens is 406 g/mol. The van der Waals surface area contributed by atoms with Crippen molar-refractivity contribution in [3.05, 3.63) is 62.9 Å². The van der Waals surface area contributed by atoms with Crippen LogP contribution in [0.2, 0.25) is 10.0 Å². The maximum absolute atomic E-state index is 14.0.